The average Bonchev–Trinajstić information content (AvgIpc) is 2.16. The van der Waals surface area contributed by atoms with Crippen molar-refractivity contribution in [2.24, 2.45) is 0 Å². The summed E-state index contributed by atoms with van der Waals surface area (Å²) in [5.74, 6) is 0.738. The zero-order chi connectivity index (χ0) is 10.6. The molecule has 14 heavy (non-hydrogen) atoms. The number of aliphatic hydroxyl groups excluding tert-OH is 1. The molecule has 4 heteroatoms. The van der Waals surface area contributed by atoms with Gasteiger partial charge in [0, 0.05) is 12.6 Å². The third-order valence-corrected chi connectivity index (χ3v) is 2.09. The summed E-state index contributed by atoms with van der Waals surface area (Å²) >= 11 is 5.94. The fraction of sp³-hybridized carbons (Fsp3) is 0.400. The molecule has 0 aromatic heterocycles. The van der Waals surface area contributed by atoms with Crippen molar-refractivity contribution in [2.45, 2.75) is 13.0 Å². The first-order chi connectivity index (χ1) is 6.63. The molecular formula is C10H14ClNO2. The van der Waals surface area contributed by atoms with E-state index in [1.165, 1.54) is 0 Å². The molecule has 1 unspecified atom stereocenters. The first kappa shape index (κ1) is 11.1. The van der Waals surface area contributed by atoms with Gasteiger partial charge in [0.05, 0.1) is 23.9 Å². The maximum Gasteiger partial charge on any atom is 0.121 e. The topological polar surface area (TPSA) is 41.5 Å². The van der Waals surface area contributed by atoms with Gasteiger partial charge in [-0.15, -0.1) is 0 Å². The minimum atomic E-state index is -0.405. The number of anilines is 1. The molecule has 0 saturated carbocycles. The van der Waals surface area contributed by atoms with E-state index in [0.29, 0.717) is 11.6 Å². The summed E-state index contributed by atoms with van der Waals surface area (Å²) < 4.78 is 5.06. The predicted octanol–water partition coefficient (Wildman–Crippen LogP) is 2.14. The molecule has 0 aliphatic carbocycles. The Morgan fingerprint density at radius 1 is 1.57 bits per heavy atom. The Morgan fingerprint density at radius 2 is 2.29 bits per heavy atom. The van der Waals surface area contributed by atoms with Crippen LogP contribution in [-0.2, 0) is 0 Å². The first-order valence-electron chi connectivity index (χ1n) is 4.39. The van der Waals surface area contributed by atoms with Crippen molar-refractivity contribution in [1.29, 1.82) is 0 Å². The first-order valence-corrected chi connectivity index (χ1v) is 4.76. The van der Waals surface area contributed by atoms with E-state index < -0.39 is 6.10 Å². The van der Waals surface area contributed by atoms with Gasteiger partial charge in [0.25, 0.3) is 0 Å². The van der Waals surface area contributed by atoms with Gasteiger partial charge in [-0.1, -0.05) is 11.6 Å². The normalized spacial score (nSPS) is 12.3. The van der Waals surface area contributed by atoms with Crippen molar-refractivity contribution < 1.29 is 9.84 Å². The number of aliphatic hydroxyl groups is 1. The molecule has 78 valence electrons. The lowest BCUT2D eigenvalue weighted by Crippen LogP contribution is -2.15. The van der Waals surface area contributed by atoms with Gasteiger partial charge in [-0.05, 0) is 19.1 Å². The lowest BCUT2D eigenvalue weighted by Gasteiger charge is -2.11. The second-order valence-corrected chi connectivity index (χ2v) is 3.48. The fourth-order valence-electron chi connectivity index (χ4n) is 1.02. The number of halogens is 1. The zero-order valence-electron chi connectivity index (χ0n) is 8.25. The Kier molecular flexibility index (Phi) is 4.04. The van der Waals surface area contributed by atoms with Crippen molar-refractivity contribution in [3.63, 3.8) is 0 Å². The summed E-state index contributed by atoms with van der Waals surface area (Å²) in [6.07, 6.45) is -0.405. The second kappa shape index (κ2) is 5.08. The van der Waals surface area contributed by atoms with Crippen LogP contribution in [0.2, 0.25) is 5.02 Å². The number of hydrogen-bond acceptors (Lipinski definition) is 3. The van der Waals surface area contributed by atoms with Crippen LogP contribution < -0.4 is 10.1 Å². The molecule has 0 bridgehead atoms. The van der Waals surface area contributed by atoms with Gasteiger partial charge in [0.2, 0.25) is 0 Å². The molecule has 1 atom stereocenters. The molecular weight excluding hydrogens is 202 g/mol. The van der Waals surface area contributed by atoms with Crippen LogP contribution in [0.25, 0.3) is 0 Å². The largest absolute Gasteiger partial charge is 0.497 e. The van der Waals surface area contributed by atoms with Gasteiger partial charge in [-0.25, -0.2) is 0 Å². The molecule has 0 radical (unpaired) electrons. The predicted molar refractivity (Wildman–Crippen MR) is 58.2 cm³/mol. The van der Waals surface area contributed by atoms with Crippen molar-refractivity contribution in [3.8, 4) is 5.75 Å². The maximum absolute atomic E-state index is 9.09. The molecule has 0 amide bonds. The van der Waals surface area contributed by atoms with Crippen LogP contribution in [0.1, 0.15) is 6.92 Å². The monoisotopic (exact) mass is 215 g/mol. The number of methoxy groups -OCH3 is 1. The molecule has 0 aliphatic rings. The molecule has 0 fully saturated rings. The van der Waals surface area contributed by atoms with E-state index in [1.807, 2.05) is 0 Å². The van der Waals surface area contributed by atoms with Gasteiger partial charge >= 0.3 is 0 Å². The Morgan fingerprint density at radius 3 is 2.86 bits per heavy atom. The summed E-state index contributed by atoms with van der Waals surface area (Å²) in [4.78, 5) is 0. The van der Waals surface area contributed by atoms with Gasteiger partial charge in [0.15, 0.2) is 0 Å². The van der Waals surface area contributed by atoms with Crippen molar-refractivity contribution in [2.75, 3.05) is 19.0 Å². The Bertz CT molecular complexity index is 302. The van der Waals surface area contributed by atoms with Crippen molar-refractivity contribution in [3.05, 3.63) is 23.2 Å². The molecule has 0 heterocycles. The van der Waals surface area contributed by atoms with Crippen molar-refractivity contribution in [1.82, 2.24) is 0 Å². The summed E-state index contributed by atoms with van der Waals surface area (Å²) in [6, 6.07) is 5.34. The summed E-state index contributed by atoms with van der Waals surface area (Å²) in [5, 5.41) is 12.7. The van der Waals surface area contributed by atoms with Gasteiger partial charge in [-0.2, -0.15) is 0 Å². The minimum absolute atomic E-state index is 0.405. The van der Waals surface area contributed by atoms with E-state index in [9.17, 15) is 0 Å². The van der Waals surface area contributed by atoms with E-state index >= 15 is 0 Å². The molecule has 0 aliphatic heterocycles. The number of hydrogen-bond donors (Lipinski definition) is 2. The summed E-state index contributed by atoms with van der Waals surface area (Å²) in [6.45, 7) is 2.17. The highest BCUT2D eigenvalue weighted by Crippen LogP contribution is 2.26. The Hall–Kier alpha value is -0.930. The van der Waals surface area contributed by atoms with E-state index in [0.717, 1.165) is 11.4 Å². The standard InChI is InChI=1S/C10H14ClNO2/c1-7(13)6-12-10-5-8(14-2)3-4-9(10)11/h3-5,7,12-13H,6H2,1-2H3. The quantitative estimate of drug-likeness (QED) is 0.809. The van der Waals surface area contributed by atoms with Crippen LogP contribution in [0.5, 0.6) is 5.75 Å². The van der Waals surface area contributed by atoms with Crippen LogP contribution in [-0.4, -0.2) is 24.9 Å². The molecule has 1 aromatic rings. The minimum Gasteiger partial charge on any atom is -0.497 e. The molecule has 2 N–H and O–H groups in total. The number of rotatable bonds is 4. The van der Waals surface area contributed by atoms with Gasteiger partial charge < -0.3 is 15.2 Å². The smallest absolute Gasteiger partial charge is 0.121 e. The fourth-order valence-corrected chi connectivity index (χ4v) is 1.21. The van der Waals surface area contributed by atoms with E-state index in [-0.39, 0.29) is 0 Å². The molecule has 1 aromatic carbocycles. The maximum atomic E-state index is 9.09. The van der Waals surface area contributed by atoms with E-state index in [2.05, 4.69) is 5.32 Å². The molecule has 1 rings (SSSR count). The number of benzene rings is 1. The Labute approximate surface area is 88.7 Å². The third kappa shape index (κ3) is 3.09. The van der Waals surface area contributed by atoms with Crippen LogP contribution in [0.3, 0.4) is 0 Å². The van der Waals surface area contributed by atoms with E-state index in [1.54, 1.807) is 32.2 Å². The number of nitrogens with one attached hydrogen (secondary N) is 1. The highest BCUT2D eigenvalue weighted by Gasteiger charge is 2.02. The van der Waals surface area contributed by atoms with Crippen molar-refractivity contribution >= 4 is 17.3 Å². The summed E-state index contributed by atoms with van der Waals surface area (Å²) in [5.41, 5.74) is 0.770. The lowest BCUT2D eigenvalue weighted by molar-refractivity contribution is 0.208. The van der Waals surface area contributed by atoms with Crippen LogP contribution in [0.4, 0.5) is 5.69 Å². The van der Waals surface area contributed by atoms with Crippen LogP contribution in [0, 0.1) is 0 Å². The molecule has 0 saturated heterocycles. The molecule has 0 spiro atoms. The number of ether oxygens (including phenoxy) is 1. The highest BCUT2D eigenvalue weighted by atomic mass is 35.5. The van der Waals surface area contributed by atoms with Gasteiger partial charge in [0.1, 0.15) is 5.75 Å². The van der Waals surface area contributed by atoms with Gasteiger partial charge in [-0.3, -0.25) is 0 Å². The summed E-state index contributed by atoms with van der Waals surface area (Å²) in [7, 11) is 1.60. The van der Waals surface area contributed by atoms with Crippen LogP contribution in [0.15, 0.2) is 18.2 Å². The Balaban J connectivity index is 2.73. The second-order valence-electron chi connectivity index (χ2n) is 3.08. The zero-order valence-corrected chi connectivity index (χ0v) is 9.01. The third-order valence-electron chi connectivity index (χ3n) is 1.76. The lowest BCUT2D eigenvalue weighted by atomic mass is 10.3. The van der Waals surface area contributed by atoms with E-state index in [4.69, 9.17) is 21.4 Å². The molecule has 3 nitrogen and oxygen atoms in total. The SMILES string of the molecule is COc1ccc(Cl)c(NCC(C)O)c1. The van der Waals surface area contributed by atoms with Crippen LogP contribution >= 0.6 is 11.6 Å². The average molecular weight is 216 g/mol. The highest BCUT2D eigenvalue weighted by molar-refractivity contribution is 6.33.